The molecule has 1 aliphatic carbocycles. The smallest absolute Gasteiger partial charge is 0.160 e. The lowest BCUT2D eigenvalue weighted by atomic mass is 9.67. The van der Waals surface area contributed by atoms with Crippen LogP contribution in [0.15, 0.2) is 259 Å². The zero-order chi connectivity index (χ0) is 45.0. The van der Waals surface area contributed by atoms with E-state index in [9.17, 15) is 0 Å². The first-order valence-corrected chi connectivity index (χ1v) is 23.2. The molecule has 0 fully saturated rings. The van der Waals surface area contributed by atoms with Crippen LogP contribution in [0.4, 0.5) is 0 Å². The van der Waals surface area contributed by atoms with Crippen LogP contribution in [0.1, 0.15) is 22.3 Å². The van der Waals surface area contributed by atoms with Crippen molar-refractivity contribution in [2.24, 2.45) is 0 Å². The van der Waals surface area contributed by atoms with Crippen LogP contribution in [0.5, 0.6) is 0 Å². The molecule has 0 bridgehead atoms. The maximum absolute atomic E-state index is 6.60. The molecule has 0 unspecified atom stereocenters. The van der Waals surface area contributed by atoms with Crippen LogP contribution in [0.3, 0.4) is 0 Å². The highest BCUT2D eigenvalue weighted by molar-refractivity contribution is 6.10. The molecular weight excluding hydrogens is 825 g/mol. The molecular formula is C65H42N2O. The van der Waals surface area contributed by atoms with E-state index in [4.69, 9.17) is 14.4 Å². The van der Waals surface area contributed by atoms with Gasteiger partial charge in [0.1, 0.15) is 11.2 Å². The second-order valence-electron chi connectivity index (χ2n) is 17.6. The van der Waals surface area contributed by atoms with Crippen LogP contribution in [0.2, 0.25) is 0 Å². The molecule has 0 saturated carbocycles. The number of nitrogens with zero attached hydrogens (tertiary/aromatic N) is 2. The largest absolute Gasteiger partial charge is 0.455 e. The van der Waals surface area contributed by atoms with E-state index in [2.05, 4.69) is 224 Å². The molecule has 0 amide bonds. The van der Waals surface area contributed by atoms with Crippen molar-refractivity contribution >= 4 is 21.9 Å². The van der Waals surface area contributed by atoms with Gasteiger partial charge in [-0.2, -0.15) is 0 Å². The van der Waals surface area contributed by atoms with Gasteiger partial charge >= 0.3 is 0 Å². The number of rotatable bonds is 8. The fourth-order valence-electron chi connectivity index (χ4n) is 10.7. The second kappa shape index (κ2) is 16.2. The summed E-state index contributed by atoms with van der Waals surface area (Å²) in [6.07, 6.45) is 0. The van der Waals surface area contributed by atoms with Crippen molar-refractivity contribution < 1.29 is 4.42 Å². The monoisotopic (exact) mass is 866 g/mol. The van der Waals surface area contributed by atoms with Gasteiger partial charge in [-0.1, -0.05) is 218 Å². The molecule has 0 spiro atoms. The zero-order valence-corrected chi connectivity index (χ0v) is 37.1. The number of aromatic nitrogens is 2. The van der Waals surface area contributed by atoms with Crippen LogP contribution < -0.4 is 0 Å². The van der Waals surface area contributed by atoms with Gasteiger partial charge in [-0.05, 0) is 97.6 Å². The Balaban J connectivity index is 1.02. The number of para-hydroxylation sites is 2. The number of fused-ring (bicyclic) bond motifs is 6. The third-order valence-electron chi connectivity index (χ3n) is 13.8. The van der Waals surface area contributed by atoms with Crippen LogP contribution in [-0.4, -0.2) is 9.97 Å². The van der Waals surface area contributed by atoms with Crippen molar-refractivity contribution in [3.05, 3.63) is 277 Å². The Morgan fingerprint density at radius 1 is 0.294 bits per heavy atom. The minimum atomic E-state index is -0.471. The van der Waals surface area contributed by atoms with Crippen molar-refractivity contribution in [3.63, 3.8) is 0 Å². The molecule has 0 saturated heterocycles. The maximum Gasteiger partial charge on any atom is 0.160 e. The van der Waals surface area contributed by atoms with Crippen molar-refractivity contribution in [1.82, 2.24) is 9.97 Å². The third-order valence-corrected chi connectivity index (χ3v) is 13.8. The Kier molecular flexibility index (Phi) is 9.40. The Hall–Kier alpha value is -8.92. The Morgan fingerprint density at radius 3 is 1.56 bits per heavy atom. The average Bonchev–Trinajstić information content (AvgIpc) is 3.95. The molecule has 12 aromatic rings. The number of hydrogen-bond donors (Lipinski definition) is 0. The molecule has 1 aliphatic rings. The molecule has 13 rings (SSSR count). The van der Waals surface area contributed by atoms with Crippen LogP contribution >= 0.6 is 0 Å². The molecule has 0 N–H and O–H groups in total. The Morgan fingerprint density at radius 2 is 0.824 bits per heavy atom. The van der Waals surface area contributed by atoms with E-state index in [-0.39, 0.29) is 0 Å². The predicted molar refractivity (Wildman–Crippen MR) is 279 cm³/mol. The van der Waals surface area contributed by atoms with Gasteiger partial charge in [-0.3, -0.25) is 0 Å². The topological polar surface area (TPSA) is 38.9 Å². The summed E-state index contributed by atoms with van der Waals surface area (Å²) < 4.78 is 6.60. The van der Waals surface area contributed by atoms with Gasteiger partial charge in [-0.25, -0.2) is 9.97 Å². The highest BCUT2D eigenvalue weighted by atomic mass is 16.3. The average molecular weight is 867 g/mol. The SMILES string of the molecule is c1ccc(-c2cc(-c3ccc4c(c3)-c3ccccc3C4(c3ccccc3)c3ccccc3)cc(-c3cc(-c4ccccc4-c4cccc5c4oc4ccccc45)nc(-c4ccccc4)n3)c2)cc1. The summed E-state index contributed by atoms with van der Waals surface area (Å²) in [5, 5.41) is 2.19. The van der Waals surface area contributed by atoms with Gasteiger partial charge in [0.05, 0.1) is 16.8 Å². The highest BCUT2D eigenvalue weighted by Crippen LogP contribution is 2.57. The molecule has 68 heavy (non-hydrogen) atoms. The van der Waals surface area contributed by atoms with Crippen molar-refractivity contribution in [3.8, 4) is 78.4 Å². The summed E-state index contributed by atoms with van der Waals surface area (Å²) >= 11 is 0. The fourth-order valence-corrected chi connectivity index (χ4v) is 10.7. The standard InChI is InChI=1S/C65H42N2O/c1-5-20-43(21-6-1)46-38-47(45-36-37-59-57(41-45)52-29-15-17-34-58(52)65(59,49-24-9-3-10-25-49)50-26-11-4-12-27-50)40-48(39-46)60-42-61(67-64(66-60)44-22-7-2-8-23-44)53-30-14-13-28-51(53)55-32-19-33-56-54-31-16-18-35-62(54)68-63(55)56/h1-42H. The van der Waals surface area contributed by atoms with Gasteiger partial charge in [-0.15, -0.1) is 0 Å². The quantitative estimate of drug-likeness (QED) is 0.153. The summed E-state index contributed by atoms with van der Waals surface area (Å²) in [7, 11) is 0. The molecule has 2 aromatic heterocycles. The molecule has 0 radical (unpaired) electrons. The molecule has 318 valence electrons. The molecule has 3 heteroatoms. The van der Waals surface area contributed by atoms with Crippen LogP contribution in [0, 0.1) is 0 Å². The van der Waals surface area contributed by atoms with E-state index >= 15 is 0 Å². The second-order valence-corrected chi connectivity index (χ2v) is 17.6. The fraction of sp³-hybridized carbons (Fsp3) is 0.0154. The Labute approximate surface area is 395 Å². The third kappa shape index (κ3) is 6.43. The van der Waals surface area contributed by atoms with E-state index in [1.807, 2.05) is 30.3 Å². The van der Waals surface area contributed by atoms with Gasteiger partial charge in [0.2, 0.25) is 0 Å². The zero-order valence-electron chi connectivity index (χ0n) is 37.1. The summed E-state index contributed by atoms with van der Waals surface area (Å²) in [5.41, 5.74) is 20.0. The first kappa shape index (κ1) is 39.4. The van der Waals surface area contributed by atoms with E-state index in [0.717, 1.165) is 83.4 Å². The van der Waals surface area contributed by atoms with Crippen molar-refractivity contribution in [2.75, 3.05) is 0 Å². The number of hydrogen-bond acceptors (Lipinski definition) is 3. The lowest BCUT2D eigenvalue weighted by Gasteiger charge is -2.33. The minimum absolute atomic E-state index is 0.471. The normalized spacial score (nSPS) is 12.5. The first-order chi connectivity index (χ1) is 33.7. The van der Waals surface area contributed by atoms with Crippen molar-refractivity contribution in [2.45, 2.75) is 5.41 Å². The van der Waals surface area contributed by atoms with E-state index in [0.29, 0.717) is 5.82 Å². The number of benzene rings is 10. The van der Waals surface area contributed by atoms with Gasteiger partial charge in [0.25, 0.3) is 0 Å². The lowest BCUT2D eigenvalue weighted by Crippen LogP contribution is -2.28. The number of furan rings is 1. The maximum atomic E-state index is 6.60. The summed E-state index contributed by atoms with van der Waals surface area (Å²) in [6, 6.07) is 91.2. The van der Waals surface area contributed by atoms with E-state index < -0.39 is 5.41 Å². The molecule has 0 aliphatic heterocycles. The van der Waals surface area contributed by atoms with E-state index in [1.54, 1.807) is 0 Å². The molecule has 2 heterocycles. The molecule has 3 nitrogen and oxygen atoms in total. The minimum Gasteiger partial charge on any atom is -0.455 e. The van der Waals surface area contributed by atoms with Gasteiger partial charge < -0.3 is 4.42 Å². The van der Waals surface area contributed by atoms with Crippen LogP contribution in [-0.2, 0) is 5.41 Å². The highest BCUT2D eigenvalue weighted by Gasteiger charge is 2.46. The molecule has 10 aromatic carbocycles. The summed E-state index contributed by atoms with van der Waals surface area (Å²) in [5.74, 6) is 0.661. The van der Waals surface area contributed by atoms with Gasteiger partial charge in [0, 0.05) is 33.0 Å². The van der Waals surface area contributed by atoms with Crippen LogP contribution in [0.25, 0.3) is 100 Å². The Bertz CT molecular complexity index is 3800. The van der Waals surface area contributed by atoms with Crippen molar-refractivity contribution in [1.29, 1.82) is 0 Å². The van der Waals surface area contributed by atoms with Gasteiger partial charge in [0.15, 0.2) is 5.82 Å². The predicted octanol–water partition coefficient (Wildman–Crippen LogP) is 16.7. The lowest BCUT2D eigenvalue weighted by molar-refractivity contribution is 0.670. The first-order valence-electron chi connectivity index (χ1n) is 23.2. The van der Waals surface area contributed by atoms with E-state index in [1.165, 1.54) is 33.4 Å². The summed E-state index contributed by atoms with van der Waals surface area (Å²) in [6.45, 7) is 0. The summed E-state index contributed by atoms with van der Waals surface area (Å²) in [4.78, 5) is 10.7. The molecule has 0 atom stereocenters.